The average Bonchev–Trinajstić information content (AvgIpc) is 2.37. The fourth-order valence-electron chi connectivity index (χ4n) is 1.66. The molecule has 0 spiro atoms. The normalized spacial score (nSPS) is 30.3. The van der Waals surface area contributed by atoms with Crippen LogP contribution < -0.4 is 5.73 Å². The van der Waals surface area contributed by atoms with Gasteiger partial charge in [0.1, 0.15) is 0 Å². The number of allylic oxidation sites excluding steroid dienone is 1. The Morgan fingerprint density at radius 2 is 2.36 bits per heavy atom. The first-order chi connectivity index (χ1) is 5.24. The van der Waals surface area contributed by atoms with Crippen LogP contribution in [-0.4, -0.2) is 11.8 Å². The van der Waals surface area contributed by atoms with Crippen molar-refractivity contribution in [2.45, 2.75) is 31.7 Å². The van der Waals surface area contributed by atoms with Gasteiger partial charge in [-0.05, 0) is 24.8 Å². The van der Waals surface area contributed by atoms with Crippen LogP contribution in [0.4, 0.5) is 0 Å². The molecule has 1 aliphatic carbocycles. The van der Waals surface area contributed by atoms with Crippen molar-refractivity contribution in [3.05, 3.63) is 12.7 Å². The van der Waals surface area contributed by atoms with Crippen molar-refractivity contribution < 1.29 is 4.79 Å². The highest BCUT2D eigenvalue weighted by Crippen LogP contribution is 2.26. The van der Waals surface area contributed by atoms with Gasteiger partial charge in [-0.15, -0.1) is 0 Å². The third kappa shape index (κ3) is 2.15. The third-order valence-corrected chi connectivity index (χ3v) is 2.41. The Morgan fingerprint density at radius 1 is 1.64 bits per heavy atom. The molecule has 0 bridgehead atoms. The van der Waals surface area contributed by atoms with Crippen molar-refractivity contribution in [2.75, 3.05) is 0 Å². The van der Waals surface area contributed by atoms with Gasteiger partial charge < -0.3 is 5.73 Å². The summed E-state index contributed by atoms with van der Waals surface area (Å²) in [5.74, 6) is 0.549. The van der Waals surface area contributed by atoms with E-state index in [-0.39, 0.29) is 11.8 Å². The van der Waals surface area contributed by atoms with Gasteiger partial charge in [-0.2, -0.15) is 0 Å². The van der Waals surface area contributed by atoms with Crippen LogP contribution in [-0.2, 0) is 4.79 Å². The van der Waals surface area contributed by atoms with Crippen molar-refractivity contribution in [2.24, 2.45) is 11.7 Å². The van der Waals surface area contributed by atoms with Crippen LogP contribution >= 0.6 is 0 Å². The minimum atomic E-state index is 0.132. The summed E-state index contributed by atoms with van der Waals surface area (Å²) in [6.45, 7) is 3.44. The number of hydrogen-bond acceptors (Lipinski definition) is 2. The topological polar surface area (TPSA) is 43.1 Å². The van der Waals surface area contributed by atoms with E-state index in [0.29, 0.717) is 12.3 Å². The predicted molar refractivity (Wildman–Crippen MR) is 45.1 cm³/mol. The maximum Gasteiger partial charge on any atom is 0.155 e. The Labute approximate surface area is 67.5 Å². The van der Waals surface area contributed by atoms with Crippen LogP contribution in [0.15, 0.2) is 12.7 Å². The fourth-order valence-corrected chi connectivity index (χ4v) is 1.66. The van der Waals surface area contributed by atoms with Gasteiger partial charge in [0, 0.05) is 12.5 Å². The molecule has 1 rings (SSSR count). The molecule has 2 N–H and O–H groups in total. The highest BCUT2D eigenvalue weighted by Gasteiger charge is 2.24. The van der Waals surface area contributed by atoms with Crippen LogP contribution in [0.25, 0.3) is 0 Å². The first-order valence-electron chi connectivity index (χ1n) is 4.15. The monoisotopic (exact) mass is 153 g/mol. The Balaban J connectivity index is 2.36. The Bertz CT molecular complexity index is 165. The Kier molecular flexibility index (Phi) is 2.83. The third-order valence-electron chi connectivity index (χ3n) is 2.41. The minimum absolute atomic E-state index is 0.132. The van der Waals surface area contributed by atoms with Crippen molar-refractivity contribution >= 4 is 5.78 Å². The Morgan fingerprint density at radius 3 is 2.82 bits per heavy atom. The largest absolute Gasteiger partial charge is 0.327 e. The molecule has 0 amide bonds. The van der Waals surface area contributed by atoms with Gasteiger partial charge in [0.2, 0.25) is 0 Å². The highest BCUT2D eigenvalue weighted by atomic mass is 16.1. The molecule has 1 fully saturated rings. The van der Waals surface area contributed by atoms with E-state index in [9.17, 15) is 4.79 Å². The van der Waals surface area contributed by atoms with Crippen LogP contribution in [0.5, 0.6) is 0 Å². The number of carbonyl (C=O) groups is 1. The molecule has 0 heterocycles. The van der Waals surface area contributed by atoms with E-state index < -0.39 is 0 Å². The maximum absolute atomic E-state index is 10.9. The van der Waals surface area contributed by atoms with Crippen LogP contribution in [0, 0.1) is 5.92 Å². The second kappa shape index (κ2) is 3.67. The molecule has 0 saturated heterocycles. The Hall–Kier alpha value is -0.630. The molecule has 2 nitrogen and oxygen atoms in total. The molecule has 2 heteroatoms. The zero-order chi connectivity index (χ0) is 8.27. The maximum atomic E-state index is 10.9. The van der Waals surface area contributed by atoms with E-state index in [1.54, 1.807) is 0 Å². The number of carbonyl (C=O) groups excluding carboxylic acids is 1. The van der Waals surface area contributed by atoms with Gasteiger partial charge in [0.25, 0.3) is 0 Å². The van der Waals surface area contributed by atoms with Gasteiger partial charge in [-0.3, -0.25) is 4.79 Å². The molecule has 11 heavy (non-hydrogen) atoms. The van der Waals surface area contributed by atoms with Gasteiger partial charge in [-0.25, -0.2) is 0 Å². The minimum Gasteiger partial charge on any atom is -0.327 e. The van der Waals surface area contributed by atoms with Crippen molar-refractivity contribution in [1.82, 2.24) is 0 Å². The van der Waals surface area contributed by atoms with Gasteiger partial charge in [0.05, 0.1) is 0 Å². The van der Waals surface area contributed by atoms with E-state index >= 15 is 0 Å². The number of hydrogen-bond donors (Lipinski definition) is 1. The quantitative estimate of drug-likeness (QED) is 0.620. The summed E-state index contributed by atoms with van der Waals surface area (Å²) in [4.78, 5) is 10.9. The molecule has 0 aromatic heterocycles. The lowest BCUT2D eigenvalue weighted by Crippen LogP contribution is -2.25. The van der Waals surface area contributed by atoms with E-state index in [4.69, 9.17) is 5.73 Å². The number of nitrogens with two attached hydrogens (primary N) is 1. The van der Waals surface area contributed by atoms with Crippen molar-refractivity contribution in [1.29, 1.82) is 0 Å². The molecule has 0 aromatic carbocycles. The first-order valence-corrected chi connectivity index (χ1v) is 4.15. The first kappa shape index (κ1) is 8.47. The van der Waals surface area contributed by atoms with E-state index in [0.717, 1.165) is 12.8 Å². The van der Waals surface area contributed by atoms with E-state index in [2.05, 4.69) is 6.58 Å². The van der Waals surface area contributed by atoms with Crippen LogP contribution in [0.2, 0.25) is 0 Å². The molecular formula is C9H15NO. The van der Waals surface area contributed by atoms with Gasteiger partial charge >= 0.3 is 0 Å². The number of ketones is 1. The summed E-state index contributed by atoms with van der Waals surface area (Å²) in [5, 5.41) is 0. The van der Waals surface area contributed by atoms with Gasteiger partial charge in [0.15, 0.2) is 5.78 Å². The molecular weight excluding hydrogens is 138 g/mol. The average molecular weight is 153 g/mol. The zero-order valence-electron chi connectivity index (χ0n) is 6.75. The summed E-state index contributed by atoms with van der Waals surface area (Å²) in [6.07, 6.45) is 5.36. The second-order valence-corrected chi connectivity index (χ2v) is 3.23. The highest BCUT2D eigenvalue weighted by molar-refractivity contribution is 5.89. The van der Waals surface area contributed by atoms with Crippen molar-refractivity contribution in [3.8, 4) is 0 Å². The molecule has 2 atom stereocenters. The molecule has 1 saturated carbocycles. The molecule has 0 radical (unpaired) electrons. The molecule has 0 aliphatic heterocycles. The smallest absolute Gasteiger partial charge is 0.155 e. The lowest BCUT2D eigenvalue weighted by molar-refractivity contribution is -0.115. The lowest BCUT2D eigenvalue weighted by Gasteiger charge is -2.12. The van der Waals surface area contributed by atoms with Crippen LogP contribution in [0.3, 0.4) is 0 Å². The van der Waals surface area contributed by atoms with E-state index in [1.165, 1.54) is 12.5 Å². The predicted octanol–water partition coefficient (Wildman–Crippen LogP) is 1.26. The molecule has 2 unspecified atom stereocenters. The van der Waals surface area contributed by atoms with Crippen molar-refractivity contribution in [3.63, 3.8) is 0 Å². The second-order valence-electron chi connectivity index (χ2n) is 3.23. The fraction of sp³-hybridized carbons (Fsp3) is 0.667. The molecule has 0 aromatic rings. The number of rotatable bonds is 3. The van der Waals surface area contributed by atoms with Crippen LogP contribution in [0.1, 0.15) is 25.7 Å². The van der Waals surface area contributed by atoms with Gasteiger partial charge in [-0.1, -0.05) is 13.0 Å². The zero-order valence-corrected chi connectivity index (χ0v) is 6.75. The standard InChI is InChI=1S/C9H15NO/c1-2-8(11)6-7-4-3-5-9(7)10/h2,7,9H,1,3-6,10H2. The summed E-state index contributed by atoms with van der Waals surface area (Å²) in [7, 11) is 0. The summed E-state index contributed by atoms with van der Waals surface area (Å²) >= 11 is 0. The molecule has 62 valence electrons. The molecule has 1 aliphatic rings. The SMILES string of the molecule is C=CC(=O)CC1CCCC1N. The summed E-state index contributed by atoms with van der Waals surface area (Å²) in [6, 6.07) is 0.249. The summed E-state index contributed by atoms with van der Waals surface area (Å²) in [5.41, 5.74) is 5.80. The van der Waals surface area contributed by atoms with E-state index in [1.807, 2.05) is 0 Å². The summed E-state index contributed by atoms with van der Waals surface area (Å²) < 4.78 is 0. The lowest BCUT2D eigenvalue weighted by atomic mass is 9.98.